The summed E-state index contributed by atoms with van der Waals surface area (Å²) >= 11 is 0. The third-order valence-electron chi connectivity index (χ3n) is 5.55. The summed E-state index contributed by atoms with van der Waals surface area (Å²) in [6.45, 7) is 5.08. The van der Waals surface area contributed by atoms with E-state index in [1.807, 2.05) is 49.4 Å². The van der Waals surface area contributed by atoms with Crippen LogP contribution in [0.3, 0.4) is 0 Å². The number of methoxy groups -OCH3 is 2. The number of nitrogens with one attached hydrogen (secondary N) is 1. The van der Waals surface area contributed by atoms with Crippen LogP contribution >= 0.6 is 0 Å². The quantitative estimate of drug-likeness (QED) is 0.330. The van der Waals surface area contributed by atoms with E-state index in [0.717, 1.165) is 11.1 Å². The second kappa shape index (κ2) is 11.8. The zero-order valence-electron chi connectivity index (χ0n) is 21.1. The van der Waals surface area contributed by atoms with Crippen molar-refractivity contribution in [1.29, 1.82) is 0 Å². The topological polar surface area (TPSA) is 97.3 Å². The molecule has 1 amide bonds. The molecule has 0 aliphatic rings. The highest BCUT2D eigenvalue weighted by molar-refractivity contribution is 7.89. The first-order valence-electron chi connectivity index (χ1n) is 11.3. The minimum atomic E-state index is -3.99. The van der Waals surface area contributed by atoms with E-state index in [2.05, 4.69) is 10.5 Å². The highest BCUT2D eigenvalue weighted by Crippen LogP contribution is 2.29. The van der Waals surface area contributed by atoms with Gasteiger partial charge in [0, 0.05) is 12.1 Å². The molecule has 3 aromatic rings. The molecule has 0 atom stereocenters. The van der Waals surface area contributed by atoms with Crippen molar-refractivity contribution in [3.05, 3.63) is 88.5 Å². The highest BCUT2D eigenvalue weighted by Gasteiger charge is 2.30. The molecular formula is C27H31N3O5S. The third kappa shape index (κ3) is 6.30. The second-order valence-electron chi connectivity index (χ2n) is 8.36. The number of para-hydroxylation sites is 1. The van der Waals surface area contributed by atoms with Gasteiger partial charge in [-0.05, 0) is 49.6 Å². The molecule has 3 rings (SSSR count). The van der Waals surface area contributed by atoms with Gasteiger partial charge in [-0.3, -0.25) is 4.79 Å². The molecule has 0 spiro atoms. The molecule has 1 N–H and O–H groups in total. The monoisotopic (exact) mass is 509 g/mol. The van der Waals surface area contributed by atoms with Crippen LogP contribution in [0.2, 0.25) is 0 Å². The van der Waals surface area contributed by atoms with Gasteiger partial charge in [0.2, 0.25) is 10.0 Å². The van der Waals surface area contributed by atoms with Crippen LogP contribution in [0.4, 0.5) is 0 Å². The zero-order chi connectivity index (χ0) is 26.3. The molecule has 0 bridgehead atoms. The normalized spacial score (nSPS) is 11.6. The van der Waals surface area contributed by atoms with Crippen molar-refractivity contribution in [2.24, 2.45) is 5.10 Å². The highest BCUT2D eigenvalue weighted by atomic mass is 32.2. The van der Waals surface area contributed by atoms with Crippen molar-refractivity contribution in [2.75, 3.05) is 20.8 Å². The molecule has 9 heteroatoms. The molecule has 0 aromatic heterocycles. The lowest BCUT2D eigenvalue weighted by atomic mass is 10.1. The van der Waals surface area contributed by atoms with Crippen LogP contribution in [0, 0.1) is 20.8 Å². The molecule has 0 heterocycles. The predicted octanol–water partition coefficient (Wildman–Crippen LogP) is 3.97. The summed E-state index contributed by atoms with van der Waals surface area (Å²) in [6, 6.07) is 18.1. The van der Waals surface area contributed by atoms with Gasteiger partial charge in [-0.25, -0.2) is 13.8 Å². The van der Waals surface area contributed by atoms with Crippen molar-refractivity contribution in [3.63, 3.8) is 0 Å². The van der Waals surface area contributed by atoms with Gasteiger partial charge in [0.1, 0.15) is 0 Å². The van der Waals surface area contributed by atoms with Crippen LogP contribution in [-0.4, -0.2) is 45.6 Å². The van der Waals surface area contributed by atoms with Crippen LogP contribution in [0.25, 0.3) is 0 Å². The van der Waals surface area contributed by atoms with Gasteiger partial charge < -0.3 is 9.47 Å². The van der Waals surface area contributed by atoms with Crippen LogP contribution in [0.15, 0.2) is 70.7 Å². The molecule has 0 aliphatic carbocycles. The van der Waals surface area contributed by atoms with Crippen LogP contribution in [-0.2, 0) is 21.4 Å². The molecule has 0 unspecified atom stereocenters. The second-order valence-corrected chi connectivity index (χ2v) is 10.2. The van der Waals surface area contributed by atoms with E-state index in [-0.39, 0.29) is 11.4 Å². The molecule has 190 valence electrons. The van der Waals surface area contributed by atoms with Gasteiger partial charge in [0.25, 0.3) is 5.91 Å². The number of carbonyl (C=O) groups excluding carboxylic acids is 1. The molecule has 0 radical (unpaired) electrons. The minimum absolute atomic E-state index is 0.0385. The average molecular weight is 510 g/mol. The van der Waals surface area contributed by atoms with Gasteiger partial charge in [0.15, 0.2) is 11.5 Å². The van der Waals surface area contributed by atoms with Gasteiger partial charge in [-0.2, -0.15) is 9.41 Å². The van der Waals surface area contributed by atoms with Crippen LogP contribution in [0.1, 0.15) is 27.8 Å². The van der Waals surface area contributed by atoms with E-state index in [9.17, 15) is 13.2 Å². The molecule has 8 nitrogen and oxygen atoms in total. The Morgan fingerprint density at radius 2 is 1.64 bits per heavy atom. The van der Waals surface area contributed by atoms with E-state index >= 15 is 0 Å². The minimum Gasteiger partial charge on any atom is -0.493 e. The fraction of sp³-hybridized carbons (Fsp3) is 0.259. The maximum atomic E-state index is 13.8. The number of rotatable bonds is 10. The van der Waals surface area contributed by atoms with Crippen molar-refractivity contribution in [1.82, 2.24) is 9.73 Å². The first kappa shape index (κ1) is 26.9. The standard InChI is InChI=1S/C27H31N3O5S/c1-19-14-20(2)27(21(3)15-19)36(32,33)30(17-22-10-7-6-8-11-22)18-25(31)29-28-16-23-12-9-13-24(34-4)26(23)35-5/h6-16H,17-18H2,1-5H3,(H,29,31)/b28-16-. The summed E-state index contributed by atoms with van der Waals surface area (Å²) in [7, 11) is -0.949. The number of nitrogens with zero attached hydrogens (tertiary/aromatic N) is 2. The first-order chi connectivity index (χ1) is 17.2. The van der Waals surface area contributed by atoms with Crippen molar-refractivity contribution in [3.8, 4) is 11.5 Å². The summed E-state index contributed by atoms with van der Waals surface area (Å²) in [4.78, 5) is 13.0. The molecule has 0 saturated carbocycles. The summed E-state index contributed by atoms with van der Waals surface area (Å²) < 4.78 is 39.3. The van der Waals surface area contributed by atoms with E-state index in [4.69, 9.17) is 9.47 Å². The van der Waals surface area contributed by atoms with E-state index in [1.54, 1.807) is 32.0 Å². The van der Waals surface area contributed by atoms with Gasteiger partial charge in [0.05, 0.1) is 31.9 Å². The molecule has 36 heavy (non-hydrogen) atoms. The molecular weight excluding hydrogens is 478 g/mol. The Labute approximate surface area is 212 Å². The van der Waals surface area contributed by atoms with Gasteiger partial charge in [-0.1, -0.05) is 54.1 Å². The van der Waals surface area contributed by atoms with Gasteiger partial charge in [-0.15, -0.1) is 0 Å². The Balaban J connectivity index is 1.86. The Morgan fingerprint density at radius 1 is 0.972 bits per heavy atom. The van der Waals surface area contributed by atoms with Crippen LogP contribution < -0.4 is 14.9 Å². The Bertz CT molecular complexity index is 1330. The van der Waals surface area contributed by atoms with Gasteiger partial charge >= 0.3 is 0 Å². The fourth-order valence-corrected chi connectivity index (χ4v) is 5.89. The molecule has 3 aromatic carbocycles. The van der Waals surface area contributed by atoms with Crippen molar-refractivity contribution < 1.29 is 22.7 Å². The first-order valence-corrected chi connectivity index (χ1v) is 12.8. The third-order valence-corrected chi connectivity index (χ3v) is 7.65. The summed E-state index contributed by atoms with van der Waals surface area (Å²) in [5, 5.41) is 4.01. The number of ether oxygens (including phenoxy) is 2. The van der Waals surface area contributed by atoms with E-state index in [0.29, 0.717) is 28.2 Å². The van der Waals surface area contributed by atoms with Crippen molar-refractivity contribution >= 4 is 22.1 Å². The smallest absolute Gasteiger partial charge is 0.255 e. The molecule has 0 fully saturated rings. The number of benzene rings is 3. The number of hydrazone groups is 1. The van der Waals surface area contributed by atoms with Crippen molar-refractivity contribution in [2.45, 2.75) is 32.2 Å². The number of hydrogen-bond donors (Lipinski definition) is 1. The maximum Gasteiger partial charge on any atom is 0.255 e. The van der Waals surface area contributed by atoms with E-state index < -0.39 is 22.5 Å². The summed E-state index contributed by atoms with van der Waals surface area (Å²) in [5.74, 6) is 0.420. The Morgan fingerprint density at radius 3 is 2.25 bits per heavy atom. The van der Waals surface area contributed by atoms with Crippen LogP contribution in [0.5, 0.6) is 11.5 Å². The lowest BCUT2D eigenvalue weighted by Gasteiger charge is -2.24. The number of carbonyl (C=O) groups is 1. The Kier molecular flexibility index (Phi) is 8.84. The fourth-order valence-electron chi connectivity index (χ4n) is 4.10. The predicted molar refractivity (Wildman–Crippen MR) is 140 cm³/mol. The average Bonchev–Trinajstić information content (AvgIpc) is 2.83. The molecule has 0 saturated heterocycles. The SMILES string of the molecule is COc1cccc(/C=N\NC(=O)CN(Cc2ccccc2)S(=O)(=O)c2c(C)cc(C)cc2C)c1OC. The van der Waals surface area contributed by atoms with E-state index in [1.165, 1.54) is 24.7 Å². The summed E-state index contributed by atoms with van der Waals surface area (Å²) in [6.07, 6.45) is 1.42. The largest absolute Gasteiger partial charge is 0.493 e. The zero-order valence-corrected chi connectivity index (χ0v) is 21.9. The number of hydrogen-bond acceptors (Lipinski definition) is 6. The number of amides is 1. The lowest BCUT2D eigenvalue weighted by Crippen LogP contribution is -2.39. The Hall–Kier alpha value is -3.69. The number of sulfonamides is 1. The number of aryl methyl sites for hydroxylation is 3. The maximum absolute atomic E-state index is 13.8. The lowest BCUT2D eigenvalue weighted by molar-refractivity contribution is -0.121. The summed E-state index contributed by atoms with van der Waals surface area (Å²) in [5.41, 5.74) is 6.02. The molecule has 0 aliphatic heterocycles.